The third-order valence-corrected chi connectivity index (χ3v) is 3.91. The summed E-state index contributed by atoms with van der Waals surface area (Å²) in [6, 6.07) is 6.70. The van der Waals surface area contributed by atoms with Gasteiger partial charge in [0.25, 0.3) is 5.91 Å². The van der Waals surface area contributed by atoms with Crippen molar-refractivity contribution < 1.29 is 13.2 Å². The van der Waals surface area contributed by atoms with Crippen molar-refractivity contribution in [1.82, 2.24) is 14.9 Å². The van der Waals surface area contributed by atoms with Crippen molar-refractivity contribution in [3.63, 3.8) is 0 Å². The highest BCUT2D eigenvalue weighted by molar-refractivity contribution is 7.89. The van der Waals surface area contributed by atoms with Crippen molar-refractivity contribution >= 4 is 15.7 Å². The fourth-order valence-corrected chi connectivity index (χ4v) is 2.87. The van der Waals surface area contributed by atoms with Gasteiger partial charge >= 0.3 is 0 Å². The fourth-order valence-electron chi connectivity index (χ4n) is 2.09. The second kappa shape index (κ2) is 7.22. The Bertz CT molecular complexity index is 724. The van der Waals surface area contributed by atoms with E-state index in [-0.39, 0.29) is 11.7 Å². The van der Waals surface area contributed by atoms with Crippen LogP contribution >= 0.6 is 0 Å². The first-order valence-electron chi connectivity index (χ1n) is 6.95. The van der Waals surface area contributed by atoms with E-state index in [9.17, 15) is 13.2 Å². The van der Waals surface area contributed by atoms with Crippen LogP contribution in [0.3, 0.4) is 0 Å². The molecule has 22 heavy (non-hydrogen) atoms. The molecular formula is C15H19N3O3S. The maximum atomic E-state index is 12.0. The number of hydrogen-bond donors (Lipinski definition) is 1. The van der Waals surface area contributed by atoms with E-state index < -0.39 is 9.84 Å². The molecule has 0 saturated heterocycles. The highest BCUT2D eigenvalue weighted by atomic mass is 32.2. The summed E-state index contributed by atoms with van der Waals surface area (Å²) in [4.78, 5) is 16.0. The Labute approximate surface area is 130 Å². The third kappa shape index (κ3) is 5.33. The smallest absolute Gasteiger partial charge is 0.251 e. The van der Waals surface area contributed by atoms with E-state index in [4.69, 9.17) is 0 Å². The molecular weight excluding hydrogens is 302 g/mol. The van der Waals surface area contributed by atoms with Crippen molar-refractivity contribution in [2.75, 3.05) is 12.8 Å². The summed E-state index contributed by atoms with van der Waals surface area (Å²) in [5.74, 6) is -0.254. The van der Waals surface area contributed by atoms with E-state index in [2.05, 4.69) is 10.3 Å². The molecule has 0 saturated carbocycles. The van der Waals surface area contributed by atoms with Crippen molar-refractivity contribution in [3.8, 4) is 0 Å². The predicted molar refractivity (Wildman–Crippen MR) is 84.2 cm³/mol. The predicted octanol–water partition coefficient (Wildman–Crippen LogP) is 1.25. The van der Waals surface area contributed by atoms with Crippen LogP contribution in [0.1, 0.15) is 22.3 Å². The Balaban J connectivity index is 1.85. The molecule has 2 aromatic rings. The lowest BCUT2D eigenvalue weighted by Crippen LogP contribution is -2.25. The number of sulfone groups is 1. The van der Waals surface area contributed by atoms with Gasteiger partial charge in [-0.05, 0) is 24.1 Å². The van der Waals surface area contributed by atoms with Crippen LogP contribution in [0, 0.1) is 0 Å². The minimum Gasteiger partial charge on any atom is -0.352 e. The quantitative estimate of drug-likeness (QED) is 0.778. The van der Waals surface area contributed by atoms with Gasteiger partial charge in [0.2, 0.25) is 0 Å². The number of imidazole rings is 1. The number of aryl methyl sites for hydroxylation is 1. The lowest BCUT2D eigenvalue weighted by atomic mass is 10.1. The first-order chi connectivity index (χ1) is 10.4. The number of benzene rings is 1. The molecule has 7 heteroatoms. The molecule has 0 atom stereocenters. The third-order valence-electron chi connectivity index (χ3n) is 3.06. The normalized spacial score (nSPS) is 11.3. The summed E-state index contributed by atoms with van der Waals surface area (Å²) in [5, 5.41) is 2.83. The molecule has 0 fully saturated rings. The van der Waals surface area contributed by atoms with Crippen LogP contribution in [0.2, 0.25) is 0 Å². The molecule has 118 valence electrons. The van der Waals surface area contributed by atoms with Crippen molar-refractivity contribution in [3.05, 3.63) is 54.1 Å². The van der Waals surface area contributed by atoms with Gasteiger partial charge in [0.1, 0.15) is 0 Å². The first kappa shape index (κ1) is 16.2. The highest BCUT2D eigenvalue weighted by Crippen LogP contribution is 2.08. The molecule has 1 aromatic carbocycles. The summed E-state index contributed by atoms with van der Waals surface area (Å²) < 4.78 is 24.5. The summed E-state index contributed by atoms with van der Waals surface area (Å²) in [7, 11) is -3.11. The maximum absolute atomic E-state index is 12.0. The van der Waals surface area contributed by atoms with Crippen LogP contribution in [0.25, 0.3) is 0 Å². The van der Waals surface area contributed by atoms with E-state index in [1.165, 1.54) is 6.26 Å². The zero-order valence-electron chi connectivity index (χ0n) is 12.4. The lowest BCUT2D eigenvalue weighted by Gasteiger charge is -2.07. The molecule has 6 nitrogen and oxygen atoms in total. The van der Waals surface area contributed by atoms with Gasteiger partial charge in [-0.2, -0.15) is 0 Å². The van der Waals surface area contributed by atoms with Gasteiger partial charge in [0, 0.05) is 37.3 Å². The van der Waals surface area contributed by atoms with Crippen LogP contribution in [0.5, 0.6) is 0 Å². The zero-order chi connectivity index (χ0) is 16.0. The fraction of sp³-hybridized carbons (Fsp3) is 0.333. The van der Waals surface area contributed by atoms with E-state index in [1.807, 2.05) is 10.8 Å². The van der Waals surface area contributed by atoms with Gasteiger partial charge in [0.15, 0.2) is 9.84 Å². The molecule has 0 aliphatic rings. The van der Waals surface area contributed by atoms with Crippen molar-refractivity contribution in [2.45, 2.75) is 18.7 Å². The molecule has 0 aliphatic carbocycles. The number of carbonyl (C=O) groups is 1. The molecule has 0 unspecified atom stereocenters. The molecule has 2 rings (SSSR count). The SMILES string of the molecule is CS(=O)(=O)Cc1cccc(C(=O)NCCCn2ccnc2)c1. The van der Waals surface area contributed by atoms with Gasteiger partial charge in [-0.1, -0.05) is 12.1 Å². The molecule has 1 aromatic heterocycles. The van der Waals surface area contributed by atoms with E-state index in [1.54, 1.807) is 36.8 Å². The number of aromatic nitrogens is 2. The number of carbonyl (C=O) groups excluding carboxylic acids is 1. The Kier molecular flexibility index (Phi) is 5.32. The zero-order valence-corrected chi connectivity index (χ0v) is 13.2. The highest BCUT2D eigenvalue weighted by Gasteiger charge is 2.09. The first-order valence-corrected chi connectivity index (χ1v) is 9.01. The van der Waals surface area contributed by atoms with E-state index >= 15 is 0 Å². The second-order valence-electron chi connectivity index (χ2n) is 5.18. The van der Waals surface area contributed by atoms with Crippen molar-refractivity contribution in [2.24, 2.45) is 0 Å². The van der Waals surface area contributed by atoms with Gasteiger partial charge in [0.05, 0.1) is 12.1 Å². The Hall–Kier alpha value is -2.15. The minimum atomic E-state index is -3.11. The monoisotopic (exact) mass is 321 g/mol. The Morgan fingerprint density at radius 2 is 2.18 bits per heavy atom. The maximum Gasteiger partial charge on any atom is 0.251 e. The lowest BCUT2D eigenvalue weighted by molar-refractivity contribution is 0.0952. The topological polar surface area (TPSA) is 81.1 Å². The molecule has 0 radical (unpaired) electrons. The van der Waals surface area contributed by atoms with Crippen LogP contribution in [-0.2, 0) is 22.1 Å². The summed E-state index contributed by atoms with van der Waals surface area (Å²) >= 11 is 0. The van der Waals surface area contributed by atoms with Crippen LogP contribution in [-0.4, -0.2) is 36.7 Å². The van der Waals surface area contributed by atoms with Crippen molar-refractivity contribution in [1.29, 1.82) is 0 Å². The van der Waals surface area contributed by atoms with Gasteiger partial charge < -0.3 is 9.88 Å². The number of nitrogens with one attached hydrogen (secondary N) is 1. The Morgan fingerprint density at radius 3 is 2.86 bits per heavy atom. The molecule has 0 bridgehead atoms. The largest absolute Gasteiger partial charge is 0.352 e. The van der Waals surface area contributed by atoms with Crippen LogP contribution < -0.4 is 5.32 Å². The Morgan fingerprint density at radius 1 is 1.36 bits per heavy atom. The summed E-state index contributed by atoms with van der Waals surface area (Å²) in [6.45, 7) is 1.34. The molecule has 0 aliphatic heterocycles. The van der Waals surface area contributed by atoms with E-state index in [0.29, 0.717) is 17.7 Å². The number of rotatable bonds is 7. The minimum absolute atomic E-state index is 0.0608. The molecule has 1 N–H and O–H groups in total. The van der Waals surface area contributed by atoms with Crippen LogP contribution in [0.15, 0.2) is 43.0 Å². The molecule has 0 spiro atoms. The van der Waals surface area contributed by atoms with E-state index in [0.717, 1.165) is 13.0 Å². The number of amides is 1. The molecule has 1 amide bonds. The summed E-state index contributed by atoms with van der Waals surface area (Å²) in [5.41, 5.74) is 1.09. The average Bonchev–Trinajstić information content (AvgIpc) is 2.95. The number of hydrogen-bond acceptors (Lipinski definition) is 4. The van der Waals surface area contributed by atoms with Gasteiger partial charge in [-0.3, -0.25) is 4.79 Å². The standard InChI is InChI=1S/C15H19N3O3S/c1-22(20,21)11-13-4-2-5-14(10-13)15(19)17-6-3-8-18-9-7-16-12-18/h2,4-5,7,9-10,12H,3,6,8,11H2,1H3,(H,17,19). The van der Waals surface area contributed by atoms with Gasteiger partial charge in [-0.15, -0.1) is 0 Å². The molecule has 1 heterocycles. The summed E-state index contributed by atoms with van der Waals surface area (Å²) in [6.07, 6.45) is 7.29. The van der Waals surface area contributed by atoms with Gasteiger partial charge in [-0.25, -0.2) is 13.4 Å². The second-order valence-corrected chi connectivity index (χ2v) is 7.32. The van der Waals surface area contributed by atoms with Crippen LogP contribution in [0.4, 0.5) is 0 Å². The number of nitrogens with zero attached hydrogens (tertiary/aromatic N) is 2. The average molecular weight is 321 g/mol.